The number of nitrogens with one attached hydrogen (secondary N) is 1. The second kappa shape index (κ2) is 5.54. The molecule has 0 saturated carbocycles. The molecule has 0 unspecified atom stereocenters. The molecule has 19 heavy (non-hydrogen) atoms. The number of benzene rings is 1. The molecule has 1 saturated heterocycles. The lowest BCUT2D eigenvalue weighted by Gasteiger charge is -2.27. The average Bonchev–Trinajstić information content (AvgIpc) is 2.83. The number of amides is 1. The zero-order valence-electron chi connectivity index (χ0n) is 10.9. The molecule has 1 aromatic carbocycles. The van der Waals surface area contributed by atoms with Gasteiger partial charge in [-0.1, -0.05) is 6.07 Å². The summed E-state index contributed by atoms with van der Waals surface area (Å²) < 4.78 is 18.8. The molecule has 1 aliphatic rings. The molecular weight excluding hydrogens is 251 g/mol. The largest absolute Gasteiger partial charge is 0.496 e. The quantitative estimate of drug-likeness (QED) is 0.824. The number of hydrogen-bond acceptors (Lipinski definition) is 4. The van der Waals surface area contributed by atoms with Crippen molar-refractivity contribution in [2.45, 2.75) is 12.1 Å². The Morgan fingerprint density at radius 2 is 2.26 bits per heavy atom. The molecule has 2 N–H and O–H groups in total. The van der Waals surface area contributed by atoms with Crippen LogP contribution in [0.5, 0.6) is 5.75 Å². The highest BCUT2D eigenvalue weighted by atomic mass is 19.1. The van der Waals surface area contributed by atoms with Crippen LogP contribution in [0.1, 0.15) is 10.4 Å². The van der Waals surface area contributed by atoms with Gasteiger partial charge in [0.2, 0.25) is 0 Å². The number of hydrogen-bond donors (Lipinski definition) is 2. The first-order valence-electron chi connectivity index (χ1n) is 6.04. The van der Waals surface area contributed by atoms with Crippen LogP contribution >= 0.6 is 0 Å². The molecule has 1 fully saturated rings. The number of methoxy groups -OCH3 is 1. The molecular formula is C13H17FN2O3. The average molecular weight is 268 g/mol. The Morgan fingerprint density at radius 3 is 2.84 bits per heavy atom. The fraction of sp³-hybridized carbons (Fsp3) is 0.462. The van der Waals surface area contributed by atoms with Crippen molar-refractivity contribution in [1.29, 1.82) is 0 Å². The number of carbonyl (C=O) groups excluding carboxylic acids is 1. The lowest BCUT2D eigenvalue weighted by atomic mass is 10.1. The normalized spacial score (nSPS) is 22.3. The van der Waals surface area contributed by atoms with Crippen LogP contribution < -0.4 is 10.1 Å². The highest BCUT2D eigenvalue weighted by Gasteiger charge is 2.33. The van der Waals surface area contributed by atoms with Gasteiger partial charge in [0.15, 0.2) is 0 Å². The van der Waals surface area contributed by atoms with Gasteiger partial charge in [-0.3, -0.25) is 4.79 Å². The number of β-amino-alcohol motifs (C(OH)–C–C–N with tert-alkyl or cyclic N) is 1. The lowest BCUT2D eigenvalue weighted by Crippen LogP contribution is -2.44. The van der Waals surface area contributed by atoms with Crippen molar-refractivity contribution in [2.75, 3.05) is 27.2 Å². The molecule has 6 heteroatoms. The van der Waals surface area contributed by atoms with Crippen LogP contribution in [0.3, 0.4) is 0 Å². The number of nitrogens with zero attached hydrogens (tertiary/aromatic N) is 1. The van der Waals surface area contributed by atoms with Crippen LogP contribution in [-0.2, 0) is 0 Å². The van der Waals surface area contributed by atoms with Gasteiger partial charge in [-0.15, -0.1) is 0 Å². The van der Waals surface area contributed by atoms with E-state index >= 15 is 0 Å². The van der Waals surface area contributed by atoms with Crippen LogP contribution in [0, 0.1) is 5.82 Å². The van der Waals surface area contributed by atoms with Crippen LogP contribution in [0.25, 0.3) is 0 Å². The summed E-state index contributed by atoms with van der Waals surface area (Å²) in [6.07, 6.45) is -0.647. The van der Waals surface area contributed by atoms with Gasteiger partial charge in [-0.05, 0) is 12.1 Å². The zero-order valence-corrected chi connectivity index (χ0v) is 10.9. The van der Waals surface area contributed by atoms with Gasteiger partial charge in [0, 0.05) is 20.1 Å². The Hall–Kier alpha value is -1.66. The predicted molar refractivity (Wildman–Crippen MR) is 67.7 cm³/mol. The summed E-state index contributed by atoms with van der Waals surface area (Å²) in [5.41, 5.74) is -0.105. The number of likely N-dealkylation sites (N-methyl/N-ethyl adjacent to an activating group) is 1. The molecule has 2 rings (SSSR count). The molecule has 0 spiro atoms. The van der Waals surface area contributed by atoms with Crippen molar-refractivity contribution in [3.8, 4) is 5.75 Å². The lowest BCUT2D eigenvalue weighted by molar-refractivity contribution is 0.0573. The van der Waals surface area contributed by atoms with Crippen molar-refractivity contribution in [3.05, 3.63) is 29.6 Å². The molecule has 0 radical (unpaired) electrons. The van der Waals surface area contributed by atoms with Crippen molar-refractivity contribution in [1.82, 2.24) is 10.2 Å². The number of rotatable bonds is 3. The second-order valence-corrected chi connectivity index (χ2v) is 4.53. The molecule has 2 atom stereocenters. The summed E-state index contributed by atoms with van der Waals surface area (Å²) >= 11 is 0. The molecule has 0 bridgehead atoms. The first-order chi connectivity index (χ1) is 9.06. The van der Waals surface area contributed by atoms with E-state index in [9.17, 15) is 14.3 Å². The standard InChI is InChI=1S/C13H17FN2O3/c1-16(9-6-15-7-10(9)17)13(18)12-8(14)4-3-5-11(12)19-2/h3-5,9-10,15,17H,6-7H2,1-2H3/t9-,10-/m1/s1. The third kappa shape index (κ3) is 2.54. The number of halogens is 1. The fourth-order valence-electron chi connectivity index (χ4n) is 2.26. The van der Waals surface area contributed by atoms with Gasteiger partial charge in [-0.25, -0.2) is 4.39 Å². The first-order valence-corrected chi connectivity index (χ1v) is 6.04. The Labute approximate surface area is 111 Å². The minimum Gasteiger partial charge on any atom is -0.496 e. The minimum atomic E-state index is -0.647. The first kappa shape index (κ1) is 13.8. The van der Waals surface area contributed by atoms with Crippen LogP contribution in [-0.4, -0.2) is 55.3 Å². The van der Waals surface area contributed by atoms with E-state index < -0.39 is 17.8 Å². The summed E-state index contributed by atoms with van der Waals surface area (Å²) in [4.78, 5) is 13.7. The van der Waals surface area contributed by atoms with Gasteiger partial charge in [0.25, 0.3) is 5.91 Å². The summed E-state index contributed by atoms with van der Waals surface area (Å²) in [6, 6.07) is 3.87. The second-order valence-electron chi connectivity index (χ2n) is 4.53. The number of carbonyl (C=O) groups is 1. The molecule has 5 nitrogen and oxygen atoms in total. The van der Waals surface area contributed by atoms with Gasteiger partial charge in [0.1, 0.15) is 17.1 Å². The van der Waals surface area contributed by atoms with Crippen LogP contribution in [0.4, 0.5) is 4.39 Å². The van der Waals surface area contributed by atoms with E-state index in [4.69, 9.17) is 4.74 Å². The van der Waals surface area contributed by atoms with Crippen molar-refractivity contribution in [3.63, 3.8) is 0 Å². The molecule has 0 aromatic heterocycles. The monoisotopic (exact) mass is 268 g/mol. The smallest absolute Gasteiger partial charge is 0.260 e. The van der Waals surface area contributed by atoms with Gasteiger partial charge < -0.3 is 20.1 Å². The van der Waals surface area contributed by atoms with E-state index in [1.54, 1.807) is 7.05 Å². The van der Waals surface area contributed by atoms with E-state index in [1.165, 1.54) is 30.2 Å². The molecule has 1 aliphatic heterocycles. The third-order valence-electron chi connectivity index (χ3n) is 3.38. The number of aliphatic hydroxyl groups excluding tert-OH is 1. The van der Waals surface area contributed by atoms with Gasteiger partial charge >= 0.3 is 0 Å². The van der Waals surface area contributed by atoms with Crippen LogP contribution in [0.15, 0.2) is 18.2 Å². The maximum Gasteiger partial charge on any atom is 0.260 e. The predicted octanol–water partition coefficient (Wildman–Crippen LogP) is 0.239. The van der Waals surface area contributed by atoms with E-state index in [0.717, 1.165) is 0 Å². The highest BCUT2D eigenvalue weighted by molar-refractivity contribution is 5.97. The van der Waals surface area contributed by atoms with Crippen LogP contribution in [0.2, 0.25) is 0 Å². The van der Waals surface area contributed by atoms with Crippen molar-refractivity contribution < 1.29 is 19.0 Å². The van der Waals surface area contributed by atoms with E-state index in [2.05, 4.69) is 5.32 Å². The van der Waals surface area contributed by atoms with E-state index in [1.807, 2.05) is 0 Å². The zero-order chi connectivity index (χ0) is 14.0. The third-order valence-corrected chi connectivity index (χ3v) is 3.38. The maximum atomic E-state index is 13.8. The molecule has 1 amide bonds. The number of ether oxygens (including phenoxy) is 1. The fourth-order valence-corrected chi connectivity index (χ4v) is 2.26. The summed E-state index contributed by atoms with van der Waals surface area (Å²) in [6.45, 7) is 0.914. The maximum absolute atomic E-state index is 13.8. The van der Waals surface area contributed by atoms with Crippen molar-refractivity contribution >= 4 is 5.91 Å². The Bertz CT molecular complexity index is 481. The van der Waals surface area contributed by atoms with Gasteiger partial charge in [0.05, 0.1) is 19.3 Å². The van der Waals surface area contributed by atoms with Crippen molar-refractivity contribution in [2.24, 2.45) is 0 Å². The number of aliphatic hydroxyl groups is 1. The Kier molecular flexibility index (Phi) is 4.01. The van der Waals surface area contributed by atoms with Gasteiger partial charge in [-0.2, -0.15) is 0 Å². The molecule has 1 heterocycles. The topological polar surface area (TPSA) is 61.8 Å². The minimum absolute atomic E-state index is 0.105. The molecule has 1 aromatic rings. The SMILES string of the molecule is COc1cccc(F)c1C(=O)N(C)[C@@H]1CNC[C@H]1O. The molecule has 0 aliphatic carbocycles. The summed E-state index contributed by atoms with van der Waals surface area (Å²) in [5.74, 6) is -0.934. The Morgan fingerprint density at radius 1 is 1.53 bits per heavy atom. The van der Waals surface area contributed by atoms with E-state index in [-0.39, 0.29) is 17.4 Å². The van der Waals surface area contributed by atoms with E-state index in [0.29, 0.717) is 13.1 Å². The highest BCUT2D eigenvalue weighted by Crippen LogP contribution is 2.24. The molecule has 104 valence electrons. The summed E-state index contributed by atoms with van der Waals surface area (Å²) in [5, 5.41) is 12.8. The Balaban J connectivity index is 2.29. The summed E-state index contributed by atoms with van der Waals surface area (Å²) in [7, 11) is 2.94.